The van der Waals surface area contributed by atoms with Crippen molar-refractivity contribution < 1.29 is 4.79 Å². The molecule has 1 amide bonds. The number of nitrogens with zero attached hydrogens (tertiary/aromatic N) is 2. The number of rotatable bonds is 4. The van der Waals surface area contributed by atoms with Crippen LogP contribution in [-0.2, 0) is 4.79 Å². The molecule has 1 heterocycles. The standard InChI is InChI=1S/C18H14ClN3OS/c1-12(23)21-15-8-6-13(7-9-15)17-11-24-18(22-17)20-10-14-4-2-3-5-16(14)19/h2-11H,1H3,(H,21,23)/b20-10+. The van der Waals surface area contributed by atoms with E-state index in [0.717, 1.165) is 22.5 Å². The Hall–Kier alpha value is -2.50. The Balaban J connectivity index is 1.76. The first-order chi connectivity index (χ1) is 11.6. The maximum atomic E-state index is 11.0. The van der Waals surface area contributed by atoms with Gasteiger partial charge in [-0.15, -0.1) is 11.3 Å². The summed E-state index contributed by atoms with van der Waals surface area (Å²) in [5.41, 5.74) is 3.44. The number of carbonyl (C=O) groups is 1. The lowest BCUT2D eigenvalue weighted by Crippen LogP contribution is -2.05. The quantitative estimate of drug-likeness (QED) is 0.656. The van der Waals surface area contributed by atoms with Crippen LogP contribution in [0.5, 0.6) is 0 Å². The molecule has 2 aromatic carbocycles. The molecular formula is C18H14ClN3OS. The van der Waals surface area contributed by atoms with E-state index in [1.165, 1.54) is 18.3 Å². The van der Waals surface area contributed by atoms with Crippen molar-refractivity contribution in [3.8, 4) is 11.3 Å². The molecule has 24 heavy (non-hydrogen) atoms. The molecule has 0 aliphatic heterocycles. The monoisotopic (exact) mass is 355 g/mol. The maximum absolute atomic E-state index is 11.0. The topological polar surface area (TPSA) is 54.4 Å². The van der Waals surface area contributed by atoms with Gasteiger partial charge in [-0.05, 0) is 18.2 Å². The Morgan fingerprint density at radius 3 is 2.67 bits per heavy atom. The van der Waals surface area contributed by atoms with Crippen molar-refractivity contribution >= 4 is 45.9 Å². The van der Waals surface area contributed by atoms with Gasteiger partial charge in [-0.3, -0.25) is 4.79 Å². The molecule has 1 aromatic heterocycles. The van der Waals surface area contributed by atoms with Gasteiger partial charge in [0.15, 0.2) is 0 Å². The van der Waals surface area contributed by atoms with Gasteiger partial charge in [0.1, 0.15) is 0 Å². The Bertz CT molecular complexity index is 887. The lowest BCUT2D eigenvalue weighted by Gasteiger charge is -2.02. The molecule has 0 radical (unpaired) electrons. The van der Waals surface area contributed by atoms with Gasteiger partial charge in [-0.1, -0.05) is 41.9 Å². The zero-order chi connectivity index (χ0) is 16.9. The predicted molar refractivity (Wildman–Crippen MR) is 101 cm³/mol. The Labute approximate surface area is 148 Å². The van der Waals surface area contributed by atoms with Gasteiger partial charge in [0, 0.05) is 40.4 Å². The van der Waals surface area contributed by atoms with E-state index in [-0.39, 0.29) is 5.91 Å². The molecule has 6 heteroatoms. The SMILES string of the molecule is CC(=O)Nc1ccc(-c2csc(/N=C/c3ccccc3Cl)n2)cc1. The molecule has 4 nitrogen and oxygen atoms in total. The molecule has 0 aliphatic rings. The molecule has 0 aliphatic carbocycles. The number of benzene rings is 2. The van der Waals surface area contributed by atoms with Gasteiger partial charge in [0.2, 0.25) is 11.0 Å². The molecule has 0 bridgehead atoms. The normalized spacial score (nSPS) is 10.9. The van der Waals surface area contributed by atoms with Crippen LogP contribution >= 0.6 is 22.9 Å². The van der Waals surface area contributed by atoms with Gasteiger partial charge in [-0.25, -0.2) is 9.98 Å². The number of anilines is 1. The number of amides is 1. The molecule has 0 saturated carbocycles. The van der Waals surface area contributed by atoms with E-state index in [9.17, 15) is 4.79 Å². The Morgan fingerprint density at radius 2 is 1.96 bits per heavy atom. The molecule has 0 spiro atoms. The Morgan fingerprint density at radius 1 is 1.21 bits per heavy atom. The number of aliphatic imine (C=N–C) groups is 1. The van der Waals surface area contributed by atoms with Crippen molar-refractivity contribution in [2.45, 2.75) is 6.92 Å². The number of aromatic nitrogens is 1. The summed E-state index contributed by atoms with van der Waals surface area (Å²) in [6.07, 6.45) is 1.71. The highest BCUT2D eigenvalue weighted by atomic mass is 35.5. The Kier molecular flexibility index (Phi) is 5.03. The minimum atomic E-state index is -0.0902. The van der Waals surface area contributed by atoms with Crippen LogP contribution in [0.3, 0.4) is 0 Å². The van der Waals surface area contributed by atoms with Crippen LogP contribution in [0.25, 0.3) is 11.3 Å². The molecule has 3 rings (SSSR count). The molecule has 3 aromatic rings. The van der Waals surface area contributed by atoms with E-state index in [1.54, 1.807) is 6.21 Å². The predicted octanol–water partition coefficient (Wildman–Crippen LogP) is 5.17. The highest BCUT2D eigenvalue weighted by Crippen LogP contribution is 2.27. The molecule has 0 atom stereocenters. The summed E-state index contributed by atoms with van der Waals surface area (Å²) < 4.78 is 0. The van der Waals surface area contributed by atoms with Gasteiger partial charge >= 0.3 is 0 Å². The van der Waals surface area contributed by atoms with Crippen LogP contribution < -0.4 is 5.32 Å². The highest BCUT2D eigenvalue weighted by Gasteiger charge is 2.04. The number of hydrogen-bond acceptors (Lipinski definition) is 4. The molecule has 1 N–H and O–H groups in total. The number of thiazole rings is 1. The minimum Gasteiger partial charge on any atom is -0.326 e. The number of hydrogen-bond donors (Lipinski definition) is 1. The van der Waals surface area contributed by atoms with E-state index in [0.29, 0.717) is 10.2 Å². The van der Waals surface area contributed by atoms with Crippen LogP contribution in [0.4, 0.5) is 10.8 Å². The van der Waals surface area contributed by atoms with Crippen molar-refractivity contribution in [1.29, 1.82) is 0 Å². The molecule has 0 fully saturated rings. The third-order valence-corrected chi connectivity index (χ3v) is 4.31. The second-order valence-corrected chi connectivity index (χ2v) is 6.30. The van der Waals surface area contributed by atoms with Gasteiger partial charge in [-0.2, -0.15) is 0 Å². The third kappa shape index (κ3) is 4.07. The van der Waals surface area contributed by atoms with Gasteiger partial charge < -0.3 is 5.32 Å². The second-order valence-electron chi connectivity index (χ2n) is 5.05. The fourth-order valence-electron chi connectivity index (χ4n) is 2.09. The summed E-state index contributed by atoms with van der Waals surface area (Å²) in [6, 6.07) is 15.1. The lowest BCUT2D eigenvalue weighted by atomic mass is 10.1. The van der Waals surface area contributed by atoms with Crippen molar-refractivity contribution in [2.75, 3.05) is 5.32 Å². The number of carbonyl (C=O) groups excluding carboxylic acids is 1. The summed E-state index contributed by atoms with van der Waals surface area (Å²) in [5, 5.41) is 6.01. The summed E-state index contributed by atoms with van der Waals surface area (Å²) in [4.78, 5) is 19.9. The molecule has 120 valence electrons. The zero-order valence-electron chi connectivity index (χ0n) is 12.9. The van der Waals surface area contributed by atoms with Crippen molar-refractivity contribution in [3.63, 3.8) is 0 Å². The van der Waals surface area contributed by atoms with Crippen LogP contribution in [-0.4, -0.2) is 17.1 Å². The van der Waals surface area contributed by atoms with Crippen molar-refractivity contribution in [2.24, 2.45) is 4.99 Å². The van der Waals surface area contributed by atoms with E-state index in [4.69, 9.17) is 11.6 Å². The minimum absolute atomic E-state index is 0.0902. The first kappa shape index (κ1) is 16.4. The number of nitrogens with one attached hydrogen (secondary N) is 1. The maximum Gasteiger partial charge on any atom is 0.221 e. The van der Waals surface area contributed by atoms with Crippen LogP contribution in [0.2, 0.25) is 5.02 Å². The largest absolute Gasteiger partial charge is 0.326 e. The first-order valence-corrected chi connectivity index (χ1v) is 8.50. The second kappa shape index (κ2) is 7.38. The molecule has 0 unspecified atom stereocenters. The lowest BCUT2D eigenvalue weighted by molar-refractivity contribution is -0.114. The number of halogens is 1. The average Bonchev–Trinajstić information content (AvgIpc) is 3.03. The van der Waals surface area contributed by atoms with Crippen LogP contribution in [0.15, 0.2) is 58.9 Å². The molecule has 0 saturated heterocycles. The van der Waals surface area contributed by atoms with E-state index >= 15 is 0 Å². The summed E-state index contributed by atoms with van der Waals surface area (Å²) in [5.74, 6) is -0.0902. The van der Waals surface area contributed by atoms with E-state index in [2.05, 4.69) is 15.3 Å². The van der Waals surface area contributed by atoms with Crippen molar-refractivity contribution in [3.05, 3.63) is 64.5 Å². The smallest absolute Gasteiger partial charge is 0.221 e. The van der Waals surface area contributed by atoms with E-state index in [1.807, 2.05) is 53.9 Å². The van der Waals surface area contributed by atoms with Gasteiger partial charge in [0.05, 0.1) is 5.69 Å². The zero-order valence-corrected chi connectivity index (χ0v) is 14.4. The van der Waals surface area contributed by atoms with Crippen LogP contribution in [0, 0.1) is 0 Å². The molecular weight excluding hydrogens is 342 g/mol. The summed E-state index contributed by atoms with van der Waals surface area (Å²) >= 11 is 7.57. The highest BCUT2D eigenvalue weighted by molar-refractivity contribution is 7.13. The third-order valence-electron chi connectivity index (χ3n) is 3.21. The summed E-state index contributed by atoms with van der Waals surface area (Å²) in [6.45, 7) is 1.48. The first-order valence-electron chi connectivity index (χ1n) is 7.24. The van der Waals surface area contributed by atoms with Gasteiger partial charge in [0.25, 0.3) is 0 Å². The van der Waals surface area contributed by atoms with Crippen LogP contribution in [0.1, 0.15) is 12.5 Å². The fraction of sp³-hybridized carbons (Fsp3) is 0.0556. The van der Waals surface area contributed by atoms with Crippen molar-refractivity contribution in [1.82, 2.24) is 4.98 Å². The average molecular weight is 356 g/mol. The summed E-state index contributed by atoms with van der Waals surface area (Å²) in [7, 11) is 0. The fourth-order valence-corrected chi connectivity index (χ4v) is 2.94. The van der Waals surface area contributed by atoms with E-state index < -0.39 is 0 Å².